The molecule has 0 spiro atoms. The van der Waals surface area contributed by atoms with Crippen molar-refractivity contribution in [3.05, 3.63) is 35.5 Å². The van der Waals surface area contributed by atoms with Gasteiger partial charge in [-0.1, -0.05) is 0 Å². The molecular weight excluding hydrogens is 242 g/mol. The van der Waals surface area contributed by atoms with Gasteiger partial charge in [0.1, 0.15) is 11.6 Å². The highest BCUT2D eigenvalue weighted by molar-refractivity contribution is 6.67. The van der Waals surface area contributed by atoms with Gasteiger partial charge in [-0.15, -0.1) is 0 Å². The van der Waals surface area contributed by atoms with Crippen molar-refractivity contribution in [2.24, 2.45) is 0 Å². The van der Waals surface area contributed by atoms with Crippen LogP contribution in [-0.4, -0.2) is 30.9 Å². The molecule has 88 valence electrons. The number of carbonyl (C=O) groups excluding carboxylic acids is 2. The second kappa shape index (κ2) is 5.15. The molecule has 0 N–H and O–H groups in total. The van der Waals surface area contributed by atoms with Gasteiger partial charge in [-0.3, -0.25) is 4.79 Å². The molecule has 1 aliphatic rings. The van der Waals surface area contributed by atoms with Crippen molar-refractivity contribution < 1.29 is 14.3 Å². The van der Waals surface area contributed by atoms with Crippen molar-refractivity contribution in [3.63, 3.8) is 0 Å². The molecule has 2 rings (SSSR count). The van der Waals surface area contributed by atoms with Crippen LogP contribution in [-0.2, 0) is 9.53 Å². The summed E-state index contributed by atoms with van der Waals surface area (Å²) >= 11 is 5.36. The van der Waals surface area contributed by atoms with Gasteiger partial charge in [0, 0.05) is 17.8 Å². The predicted octanol–water partition coefficient (Wildman–Crippen LogP) is 1.62. The summed E-state index contributed by atoms with van der Waals surface area (Å²) in [5.41, 5.74) is 1.72. The third kappa shape index (κ3) is 2.56. The molecule has 1 aromatic rings. The van der Waals surface area contributed by atoms with E-state index in [0.29, 0.717) is 24.4 Å². The van der Waals surface area contributed by atoms with Gasteiger partial charge < -0.3 is 9.64 Å². The van der Waals surface area contributed by atoms with E-state index in [0.717, 1.165) is 5.69 Å². The topological polar surface area (TPSA) is 46.6 Å². The van der Waals surface area contributed by atoms with Crippen LogP contribution in [0.1, 0.15) is 10.4 Å². The van der Waals surface area contributed by atoms with E-state index in [1.807, 2.05) is 10.8 Å². The lowest BCUT2D eigenvalue weighted by Crippen LogP contribution is -2.34. The summed E-state index contributed by atoms with van der Waals surface area (Å²) in [6, 6.07) is 6.75. The normalized spacial score (nSPS) is 15.6. The van der Waals surface area contributed by atoms with E-state index in [4.69, 9.17) is 16.3 Å². The second-order valence-corrected chi connectivity index (χ2v) is 3.92. The molecule has 0 radical (unpaired) electrons. The van der Waals surface area contributed by atoms with Crippen LogP contribution in [0.15, 0.2) is 30.0 Å². The highest BCUT2D eigenvalue weighted by Gasteiger charge is 2.18. The van der Waals surface area contributed by atoms with Crippen LogP contribution in [0.4, 0.5) is 5.69 Å². The maximum atomic E-state index is 10.9. The molecule has 0 amide bonds. The highest BCUT2D eigenvalue weighted by atomic mass is 35.5. The molecule has 0 atom stereocenters. The van der Waals surface area contributed by atoms with E-state index in [1.54, 1.807) is 24.3 Å². The quantitative estimate of drug-likeness (QED) is 0.592. The maximum absolute atomic E-state index is 10.9. The van der Waals surface area contributed by atoms with E-state index in [2.05, 4.69) is 0 Å². The minimum Gasteiger partial charge on any atom is -0.373 e. The molecule has 1 aromatic carbocycles. The lowest BCUT2D eigenvalue weighted by atomic mass is 10.2. The van der Waals surface area contributed by atoms with Gasteiger partial charge in [0.05, 0.1) is 13.2 Å². The maximum Gasteiger partial charge on any atom is 0.252 e. The molecule has 0 bridgehead atoms. The lowest BCUT2D eigenvalue weighted by Gasteiger charge is -2.29. The van der Waals surface area contributed by atoms with E-state index in [1.165, 1.54) is 0 Å². The highest BCUT2D eigenvalue weighted by Crippen LogP contribution is 2.21. The number of ether oxygens (including phenoxy) is 1. The third-order valence-electron chi connectivity index (χ3n) is 2.55. The fraction of sp³-hybridized carbons (Fsp3) is 0.250. The number of benzene rings is 1. The first-order chi connectivity index (χ1) is 8.22. The smallest absolute Gasteiger partial charge is 0.252 e. The van der Waals surface area contributed by atoms with E-state index >= 15 is 0 Å². The Morgan fingerprint density at radius 3 is 2.65 bits per heavy atom. The largest absolute Gasteiger partial charge is 0.373 e. The van der Waals surface area contributed by atoms with Crippen LogP contribution < -0.4 is 4.90 Å². The van der Waals surface area contributed by atoms with Gasteiger partial charge in [0.25, 0.3) is 5.24 Å². The van der Waals surface area contributed by atoms with Gasteiger partial charge in [-0.2, -0.15) is 0 Å². The summed E-state index contributed by atoms with van der Waals surface area (Å²) in [6.45, 7) is 1.42. The summed E-state index contributed by atoms with van der Waals surface area (Å²) in [6.07, 6.45) is 0. The second-order valence-electron chi connectivity index (χ2n) is 3.57. The Morgan fingerprint density at radius 1 is 1.35 bits per heavy atom. The number of anilines is 1. The first-order valence-corrected chi connectivity index (χ1v) is 5.49. The number of morpholine rings is 1. The van der Waals surface area contributed by atoms with Crippen molar-refractivity contribution in [3.8, 4) is 0 Å². The number of halogens is 1. The monoisotopic (exact) mass is 251 g/mol. The van der Waals surface area contributed by atoms with E-state index in [-0.39, 0.29) is 6.61 Å². The molecule has 0 saturated carbocycles. The van der Waals surface area contributed by atoms with Gasteiger partial charge in [-0.25, -0.2) is 4.79 Å². The average molecular weight is 252 g/mol. The SMILES string of the molecule is O=C=C1COCCN1c1ccc(C(=O)Cl)cc1. The molecule has 1 fully saturated rings. The van der Waals surface area contributed by atoms with Crippen molar-refractivity contribution in [2.45, 2.75) is 0 Å². The van der Waals surface area contributed by atoms with E-state index < -0.39 is 5.24 Å². The average Bonchev–Trinajstić information content (AvgIpc) is 2.39. The molecule has 1 saturated heterocycles. The third-order valence-corrected chi connectivity index (χ3v) is 2.77. The molecule has 0 unspecified atom stereocenters. The molecule has 4 nitrogen and oxygen atoms in total. The summed E-state index contributed by atoms with van der Waals surface area (Å²) in [5.74, 6) is 1.86. The fourth-order valence-electron chi connectivity index (χ4n) is 1.68. The van der Waals surface area contributed by atoms with Crippen LogP contribution in [0.25, 0.3) is 0 Å². The Kier molecular flexibility index (Phi) is 3.59. The summed E-state index contributed by atoms with van der Waals surface area (Å²) in [5, 5.41) is -0.496. The van der Waals surface area contributed by atoms with Crippen molar-refractivity contribution in [1.29, 1.82) is 0 Å². The van der Waals surface area contributed by atoms with Crippen molar-refractivity contribution >= 4 is 28.5 Å². The molecule has 0 aromatic heterocycles. The number of nitrogens with zero attached hydrogens (tertiary/aromatic N) is 1. The minimum atomic E-state index is -0.496. The Labute approximate surface area is 103 Å². The summed E-state index contributed by atoms with van der Waals surface area (Å²) < 4.78 is 5.17. The molecule has 5 heteroatoms. The fourth-order valence-corrected chi connectivity index (χ4v) is 1.81. The number of hydrogen-bond acceptors (Lipinski definition) is 4. The van der Waals surface area contributed by atoms with E-state index in [9.17, 15) is 9.59 Å². The molecule has 0 aliphatic carbocycles. The molecule has 1 heterocycles. The van der Waals surface area contributed by atoms with Gasteiger partial charge in [-0.05, 0) is 35.9 Å². The Balaban J connectivity index is 2.27. The zero-order valence-corrected chi connectivity index (χ0v) is 9.74. The lowest BCUT2D eigenvalue weighted by molar-refractivity contribution is 0.108. The first kappa shape index (κ1) is 11.9. The standard InChI is InChI=1S/C12H10ClNO3/c13-12(16)9-1-3-10(4-2-9)14-5-6-17-8-11(14)7-15/h1-4H,5-6,8H2. The zero-order chi connectivity index (χ0) is 12.3. The van der Waals surface area contributed by atoms with Crippen LogP contribution in [0.2, 0.25) is 0 Å². The van der Waals surface area contributed by atoms with Crippen molar-refractivity contribution in [1.82, 2.24) is 0 Å². The van der Waals surface area contributed by atoms with Crippen LogP contribution >= 0.6 is 11.6 Å². The Morgan fingerprint density at radius 2 is 2.06 bits per heavy atom. The Hall–Kier alpha value is -1.61. The zero-order valence-electron chi connectivity index (χ0n) is 8.98. The van der Waals surface area contributed by atoms with Crippen LogP contribution in [0.3, 0.4) is 0 Å². The minimum absolute atomic E-state index is 0.264. The summed E-state index contributed by atoms with van der Waals surface area (Å²) in [7, 11) is 0. The first-order valence-electron chi connectivity index (χ1n) is 5.11. The van der Waals surface area contributed by atoms with Crippen LogP contribution in [0.5, 0.6) is 0 Å². The number of carbonyl (C=O) groups is 1. The Bertz CT molecular complexity index is 477. The number of hydrogen-bond donors (Lipinski definition) is 0. The summed E-state index contributed by atoms with van der Waals surface area (Å²) in [4.78, 5) is 23.5. The molecular formula is C12H10ClNO3. The van der Waals surface area contributed by atoms with Crippen LogP contribution in [0, 0.1) is 0 Å². The van der Waals surface area contributed by atoms with Gasteiger partial charge in [0.15, 0.2) is 0 Å². The molecule has 1 aliphatic heterocycles. The molecule has 17 heavy (non-hydrogen) atoms. The van der Waals surface area contributed by atoms with Gasteiger partial charge >= 0.3 is 0 Å². The van der Waals surface area contributed by atoms with Crippen molar-refractivity contribution in [2.75, 3.05) is 24.7 Å². The van der Waals surface area contributed by atoms with Gasteiger partial charge in [0.2, 0.25) is 0 Å². The predicted molar refractivity (Wildman–Crippen MR) is 64.0 cm³/mol. The number of rotatable bonds is 2.